The summed E-state index contributed by atoms with van der Waals surface area (Å²) in [5, 5.41) is 19.4. The fourth-order valence-electron chi connectivity index (χ4n) is 2.99. The quantitative estimate of drug-likeness (QED) is 0.308. The first kappa shape index (κ1) is 20.1. The summed E-state index contributed by atoms with van der Waals surface area (Å²) < 4.78 is 12.4. The topological polar surface area (TPSA) is 151 Å². The Bertz CT molecular complexity index is 1040. The number of morpholine rings is 1. The fourth-order valence-corrected chi connectivity index (χ4v) is 3.25. The van der Waals surface area contributed by atoms with Crippen LogP contribution in [0.25, 0.3) is 5.82 Å². The maximum Gasteiger partial charge on any atom is 0.294 e. The zero-order valence-corrected chi connectivity index (χ0v) is 17.4. The number of rotatable bonds is 6. The van der Waals surface area contributed by atoms with Crippen molar-refractivity contribution in [1.29, 1.82) is 0 Å². The highest BCUT2D eigenvalue weighted by Gasteiger charge is 2.28. The van der Waals surface area contributed by atoms with Crippen LogP contribution >= 0.6 is 15.9 Å². The molecule has 0 spiro atoms. The number of carbonyl (C=O) groups is 1. The lowest BCUT2D eigenvalue weighted by Crippen LogP contribution is -3.12. The number of carbonyl (C=O) groups excluding carboxylic acids is 1. The molecule has 1 aliphatic heterocycles. The number of nitrogen functional groups attached to an aromatic ring is 1. The van der Waals surface area contributed by atoms with Gasteiger partial charge in [-0.05, 0) is 28.0 Å². The number of ether oxygens (including phenoxy) is 1. The van der Waals surface area contributed by atoms with Crippen molar-refractivity contribution in [2.45, 2.75) is 6.54 Å². The first-order valence-corrected chi connectivity index (χ1v) is 9.94. The van der Waals surface area contributed by atoms with Gasteiger partial charge in [-0.3, -0.25) is 4.79 Å². The summed E-state index contributed by atoms with van der Waals surface area (Å²) >= 11 is 3.37. The second kappa shape index (κ2) is 9.11. The van der Waals surface area contributed by atoms with Crippen LogP contribution in [-0.2, 0) is 11.3 Å². The number of hydrazone groups is 1. The van der Waals surface area contributed by atoms with Gasteiger partial charge in [0, 0.05) is 4.47 Å². The molecule has 0 aliphatic carbocycles. The number of hydrogen-bond donors (Lipinski definition) is 3. The molecule has 0 unspecified atom stereocenters. The summed E-state index contributed by atoms with van der Waals surface area (Å²) in [4.78, 5) is 14.0. The molecule has 13 heteroatoms. The van der Waals surface area contributed by atoms with Crippen LogP contribution in [0.5, 0.6) is 0 Å². The second-order valence-electron chi connectivity index (χ2n) is 6.56. The van der Waals surface area contributed by atoms with E-state index in [9.17, 15) is 4.79 Å². The number of nitrogens with two attached hydrogens (primary N) is 1. The normalized spacial score (nSPS) is 15.0. The summed E-state index contributed by atoms with van der Waals surface area (Å²) in [6.07, 6.45) is 1.54. The van der Waals surface area contributed by atoms with Gasteiger partial charge in [0.2, 0.25) is 11.6 Å². The van der Waals surface area contributed by atoms with Gasteiger partial charge in [-0.1, -0.05) is 33.3 Å². The minimum atomic E-state index is -0.493. The van der Waals surface area contributed by atoms with E-state index in [1.165, 1.54) is 9.58 Å². The van der Waals surface area contributed by atoms with Crippen LogP contribution in [0, 0.1) is 0 Å². The Morgan fingerprint density at radius 1 is 1.30 bits per heavy atom. The third-order valence-electron chi connectivity index (χ3n) is 4.54. The molecule has 3 aromatic rings. The monoisotopic (exact) mass is 476 g/mol. The standard InChI is InChI=1S/C17H18BrN9O3/c18-12-3-1-11(2-4-12)9-20-22-17(28)14-13(10-26-5-7-29-8-6-26)27(25-21-14)16-15(19)23-30-24-16/h1-4,9H,5-8,10H2,(H2,19,23)(H,22,28)/p+1/b20-9-. The zero-order chi connectivity index (χ0) is 20.9. The largest absolute Gasteiger partial charge is 0.378 e. The molecule has 1 fully saturated rings. The van der Waals surface area contributed by atoms with Crippen LogP contribution in [0.3, 0.4) is 0 Å². The van der Waals surface area contributed by atoms with E-state index in [2.05, 4.69) is 51.7 Å². The minimum absolute atomic E-state index is 0.0540. The van der Waals surface area contributed by atoms with E-state index < -0.39 is 5.91 Å². The number of nitrogens with one attached hydrogen (secondary N) is 2. The SMILES string of the molecule is Nc1nonc1-n1nnc(C(=O)N/N=C\c2ccc(Br)cc2)c1C[NH+]1CCOCC1. The van der Waals surface area contributed by atoms with Gasteiger partial charge in [0.05, 0.1) is 19.4 Å². The average molecular weight is 477 g/mol. The molecular weight excluding hydrogens is 458 g/mol. The van der Waals surface area contributed by atoms with E-state index in [1.54, 1.807) is 6.21 Å². The molecular formula is C17H19BrN9O3+. The number of quaternary nitrogens is 1. The average Bonchev–Trinajstić information content (AvgIpc) is 3.36. The molecule has 4 N–H and O–H groups in total. The van der Waals surface area contributed by atoms with E-state index in [0.29, 0.717) is 25.5 Å². The molecule has 12 nitrogen and oxygen atoms in total. The van der Waals surface area contributed by atoms with Gasteiger partial charge in [0.1, 0.15) is 25.3 Å². The van der Waals surface area contributed by atoms with E-state index in [4.69, 9.17) is 10.5 Å². The molecule has 0 saturated carbocycles. The summed E-state index contributed by atoms with van der Waals surface area (Å²) in [6.45, 7) is 3.34. The maximum atomic E-state index is 12.7. The lowest BCUT2D eigenvalue weighted by Gasteiger charge is -2.23. The number of nitrogens with zero attached hydrogens (tertiary/aromatic N) is 6. The number of benzene rings is 1. The molecule has 1 aromatic carbocycles. The predicted molar refractivity (Wildman–Crippen MR) is 108 cm³/mol. The summed E-state index contributed by atoms with van der Waals surface area (Å²) in [5.74, 6) is -0.256. The predicted octanol–water partition coefficient (Wildman–Crippen LogP) is -0.826. The highest BCUT2D eigenvalue weighted by Crippen LogP contribution is 2.15. The molecule has 0 bridgehead atoms. The van der Waals surface area contributed by atoms with E-state index in [0.717, 1.165) is 23.1 Å². The molecule has 4 rings (SSSR count). The highest BCUT2D eigenvalue weighted by molar-refractivity contribution is 9.10. The van der Waals surface area contributed by atoms with Gasteiger partial charge >= 0.3 is 0 Å². The summed E-state index contributed by atoms with van der Waals surface area (Å²) in [6, 6.07) is 7.50. The van der Waals surface area contributed by atoms with Crippen molar-refractivity contribution in [3.63, 3.8) is 0 Å². The van der Waals surface area contributed by atoms with Gasteiger partial charge in [-0.2, -0.15) is 9.78 Å². The van der Waals surface area contributed by atoms with Crippen molar-refractivity contribution in [2.24, 2.45) is 5.10 Å². The Labute approximate surface area is 179 Å². The first-order chi connectivity index (χ1) is 14.6. The van der Waals surface area contributed by atoms with Crippen molar-refractivity contribution in [2.75, 3.05) is 32.0 Å². The van der Waals surface area contributed by atoms with Crippen molar-refractivity contribution >= 4 is 33.9 Å². The van der Waals surface area contributed by atoms with Crippen LogP contribution in [0.2, 0.25) is 0 Å². The molecule has 1 amide bonds. The number of amides is 1. The summed E-state index contributed by atoms with van der Waals surface area (Å²) in [7, 11) is 0. The minimum Gasteiger partial charge on any atom is -0.378 e. The zero-order valence-electron chi connectivity index (χ0n) is 15.8. The lowest BCUT2D eigenvalue weighted by molar-refractivity contribution is -0.921. The molecule has 3 heterocycles. The van der Waals surface area contributed by atoms with E-state index >= 15 is 0 Å². The van der Waals surface area contributed by atoms with Gasteiger partial charge in [0.25, 0.3) is 5.91 Å². The molecule has 0 radical (unpaired) electrons. The van der Waals surface area contributed by atoms with Crippen LogP contribution in [0.15, 0.2) is 38.5 Å². The molecule has 156 valence electrons. The smallest absolute Gasteiger partial charge is 0.294 e. The first-order valence-electron chi connectivity index (χ1n) is 9.15. The van der Waals surface area contributed by atoms with Gasteiger partial charge in [-0.25, -0.2) is 10.1 Å². The van der Waals surface area contributed by atoms with E-state index in [1.807, 2.05) is 24.3 Å². The molecule has 0 atom stereocenters. The Hall–Kier alpha value is -3.16. The number of halogens is 1. The molecule has 1 saturated heterocycles. The van der Waals surface area contributed by atoms with Crippen LogP contribution in [0.1, 0.15) is 21.7 Å². The van der Waals surface area contributed by atoms with Crippen molar-refractivity contribution < 1.29 is 19.1 Å². The highest BCUT2D eigenvalue weighted by atomic mass is 79.9. The van der Waals surface area contributed by atoms with Crippen LogP contribution in [0.4, 0.5) is 5.82 Å². The Balaban J connectivity index is 1.56. The Kier molecular flexibility index (Phi) is 6.11. The van der Waals surface area contributed by atoms with Gasteiger partial charge in [-0.15, -0.1) is 5.10 Å². The third kappa shape index (κ3) is 4.53. The molecule has 2 aromatic heterocycles. The molecule has 1 aliphatic rings. The number of hydrogen-bond acceptors (Lipinski definition) is 9. The number of aromatic nitrogens is 5. The summed E-state index contributed by atoms with van der Waals surface area (Å²) in [5.41, 5.74) is 9.79. The van der Waals surface area contributed by atoms with Crippen LogP contribution in [-0.4, -0.2) is 63.7 Å². The van der Waals surface area contributed by atoms with Crippen molar-refractivity contribution in [3.05, 3.63) is 45.7 Å². The van der Waals surface area contributed by atoms with Crippen molar-refractivity contribution in [1.82, 2.24) is 30.7 Å². The number of anilines is 1. The van der Waals surface area contributed by atoms with E-state index in [-0.39, 0.29) is 17.3 Å². The van der Waals surface area contributed by atoms with Crippen molar-refractivity contribution in [3.8, 4) is 5.82 Å². The van der Waals surface area contributed by atoms with Gasteiger partial charge < -0.3 is 15.4 Å². The molecule has 30 heavy (non-hydrogen) atoms. The third-order valence-corrected chi connectivity index (χ3v) is 5.07. The second-order valence-corrected chi connectivity index (χ2v) is 7.48. The Morgan fingerprint density at radius 3 is 2.77 bits per heavy atom. The van der Waals surface area contributed by atoms with Gasteiger partial charge in [0.15, 0.2) is 5.69 Å². The lowest BCUT2D eigenvalue weighted by atomic mass is 10.2. The Morgan fingerprint density at radius 2 is 2.07 bits per heavy atom. The fraction of sp³-hybridized carbons (Fsp3) is 0.294. The maximum absolute atomic E-state index is 12.7. The van der Waals surface area contributed by atoms with Crippen LogP contribution < -0.4 is 16.1 Å².